The number of aliphatic imine (C=N–C) groups is 1. The molecule has 4 heteroatoms. The van der Waals surface area contributed by atoms with E-state index in [1.54, 1.807) is 0 Å². The minimum Gasteiger partial charge on any atom is -0.377 e. The highest BCUT2D eigenvalue weighted by Crippen LogP contribution is 2.45. The summed E-state index contributed by atoms with van der Waals surface area (Å²) in [6, 6.07) is 8.51. The van der Waals surface area contributed by atoms with Crippen LogP contribution in [0.2, 0.25) is 0 Å². The van der Waals surface area contributed by atoms with E-state index >= 15 is 0 Å². The topological polar surface area (TPSA) is 36.9 Å². The molecule has 0 aromatic heterocycles. The molecule has 24 heavy (non-hydrogen) atoms. The molecule has 132 valence electrons. The van der Waals surface area contributed by atoms with Crippen LogP contribution < -0.4 is 5.32 Å². The lowest BCUT2D eigenvalue weighted by atomic mass is 9.86. The molecule has 0 atom stereocenters. The van der Waals surface area contributed by atoms with E-state index in [0.717, 1.165) is 25.7 Å². The average Bonchev–Trinajstić information content (AvgIpc) is 3.25. The molecule has 3 rings (SSSR count). The Labute approximate surface area is 146 Å². The van der Waals surface area contributed by atoms with Crippen molar-refractivity contribution in [3.63, 3.8) is 0 Å². The van der Waals surface area contributed by atoms with E-state index < -0.39 is 0 Å². The minimum absolute atomic E-state index is 0.574. The number of ether oxygens (including phenoxy) is 1. The van der Waals surface area contributed by atoms with Gasteiger partial charge in [0.05, 0.1) is 6.61 Å². The Morgan fingerprint density at radius 3 is 2.67 bits per heavy atom. The van der Waals surface area contributed by atoms with Crippen LogP contribution in [0.5, 0.6) is 0 Å². The molecule has 1 aromatic rings. The van der Waals surface area contributed by atoms with Crippen molar-refractivity contribution in [2.24, 2.45) is 10.4 Å². The standard InChI is InChI=1S/C20H31N3O/c1-3-24-15-18-9-5-4-8-17(18)14-22-19(21-2)23-13-12-20(16-23)10-6-7-11-20/h4-5,8-9H,3,6-7,10-16H2,1-2H3,(H,21,22). The van der Waals surface area contributed by atoms with Gasteiger partial charge in [-0.25, -0.2) is 0 Å². The summed E-state index contributed by atoms with van der Waals surface area (Å²) in [6.45, 7) is 6.58. The first kappa shape index (κ1) is 17.3. The lowest BCUT2D eigenvalue weighted by molar-refractivity contribution is 0.133. The monoisotopic (exact) mass is 329 g/mol. The molecular formula is C20H31N3O. The molecule has 1 saturated heterocycles. The molecular weight excluding hydrogens is 298 g/mol. The van der Waals surface area contributed by atoms with E-state index in [0.29, 0.717) is 12.0 Å². The smallest absolute Gasteiger partial charge is 0.193 e. The lowest BCUT2D eigenvalue weighted by Gasteiger charge is -2.26. The quantitative estimate of drug-likeness (QED) is 0.663. The third kappa shape index (κ3) is 3.92. The number of likely N-dealkylation sites (tertiary alicyclic amines) is 1. The number of benzene rings is 1. The van der Waals surface area contributed by atoms with Crippen molar-refractivity contribution in [3.05, 3.63) is 35.4 Å². The predicted octanol–water partition coefficient (Wildman–Crippen LogP) is 3.56. The summed E-state index contributed by atoms with van der Waals surface area (Å²) >= 11 is 0. The van der Waals surface area contributed by atoms with Crippen LogP contribution in [0.25, 0.3) is 0 Å². The fraction of sp³-hybridized carbons (Fsp3) is 0.650. The van der Waals surface area contributed by atoms with E-state index in [1.807, 2.05) is 14.0 Å². The molecule has 1 aliphatic carbocycles. The molecule has 0 unspecified atom stereocenters. The van der Waals surface area contributed by atoms with Gasteiger partial charge in [-0.15, -0.1) is 0 Å². The summed E-state index contributed by atoms with van der Waals surface area (Å²) in [5.41, 5.74) is 3.13. The van der Waals surface area contributed by atoms with Gasteiger partial charge < -0.3 is 15.0 Å². The second kappa shape index (κ2) is 8.02. The van der Waals surface area contributed by atoms with Gasteiger partial charge in [0.15, 0.2) is 5.96 Å². The number of nitrogens with zero attached hydrogens (tertiary/aromatic N) is 2. The summed E-state index contributed by atoms with van der Waals surface area (Å²) < 4.78 is 5.59. The normalized spacial score (nSPS) is 20.1. The Balaban J connectivity index is 1.59. The molecule has 1 spiro atoms. The van der Waals surface area contributed by atoms with Gasteiger partial charge in [0.25, 0.3) is 0 Å². The molecule has 2 fully saturated rings. The molecule has 1 aliphatic heterocycles. The van der Waals surface area contributed by atoms with Gasteiger partial charge >= 0.3 is 0 Å². The highest BCUT2D eigenvalue weighted by atomic mass is 16.5. The van der Waals surface area contributed by atoms with Crippen LogP contribution in [0.15, 0.2) is 29.3 Å². The Bertz CT molecular complexity index is 564. The van der Waals surface area contributed by atoms with Crippen LogP contribution in [0, 0.1) is 5.41 Å². The summed E-state index contributed by atoms with van der Waals surface area (Å²) in [5.74, 6) is 1.05. The highest BCUT2D eigenvalue weighted by molar-refractivity contribution is 5.80. The van der Waals surface area contributed by atoms with Gasteiger partial charge in [0.1, 0.15) is 0 Å². The number of nitrogens with one attached hydrogen (secondary N) is 1. The summed E-state index contributed by atoms with van der Waals surface area (Å²) in [7, 11) is 1.90. The Morgan fingerprint density at radius 1 is 1.21 bits per heavy atom. The molecule has 2 aliphatic rings. The maximum atomic E-state index is 5.59. The van der Waals surface area contributed by atoms with Crippen LogP contribution in [-0.2, 0) is 17.9 Å². The fourth-order valence-corrected chi connectivity index (χ4v) is 4.24. The second-order valence-electron chi connectivity index (χ2n) is 7.19. The average molecular weight is 329 g/mol. The molecule has 0 amide bonds. The van der Waals surface area contributed by atoms with Crippen molar-refractivity contribution in [1.29, 1.82) is 0 Å². The zero-order chi connectivity index (χ0) is 16.8. The molecule has 1 aromatic carbocycles. The Morgan fingerprint density at radius 2 is 1.96 bits per heavy atom. The minimum atomic E-state index is 0.574. The number of rotatable bonds is 5. The van der Waals surface area contributed by atoms with Crippen molar-refractivity contribution >= 4 is 5.96 Å². The van der Waals surface area contributed by atoms with Crippen molar-refractivity contribution in [3.8, 4) is 0 Å². The van der Waals surface area contributed by atoms with Crippen LogP contribution >= 0.6 is 0 Å². The van der Waals surface area contributed by atoms with Gasteiger partial charge in [-0.3, -0.25) is 4.99 Å². The summed E-state index contributed by atoms with van der Waals surface area (Å²) in [5, 5.41) is 3.57. The lowest BCUT2D eigenvalue weighted by Crippen LogP contribution is -2.40. The molecule has 1 heterocycles. The van der Waals surface area contributed by atoms with Crippen LogP contribution in [0.4, 0.5) is 0 Å². The van der Waals surface area contributed by atoms with Crippen LogP contribution in [0.1, 0.15) is 50.2 Å². The predicted molar refractivity (Wildman–Crippen MR) is 99.1 cm³/mol. The van der Waals surface area contributed by atoms with E-state index in [2.05, 4.69) is 39.5 Å². The Kier molecular flexibility index (Phi) is 5.77. The number of hydrogen-bond donors (Lipinski definition) is 1. The zero-order valence-electron chi connectivity index (χ0n) is 15.2. The fourth-order valence-electron chi connectivity index (χ4n) is 4.24. The van der Waals surface area contributed by atoms with Crippen molar-refractivity contribution in [2.75, 3.05) is 26.7 Å². The maximum Gasteiger partial charge on any atom is 0.193 e. The maximum absolute atomic E-state index is 5.59. The van der Waals surface area contributed by atoms with Gasteiger partial charge in [-0.05, 0) is 42.7 Å². The van der Waals surface area contributed by atoms with E-state index in [-0.39, 0.29) is 0 Å². The highest BCUT2D eigenvalue weighted by Gasteiger charge is 2.41. The molecule has 0 radical (unpaired) electrons. The van der Waals surface area contributed by atoms with Gasteiger partial charge in [0, 0.05) is 33.3 Å². The summed E-state index contributed by atoms with van der Waals surface area (Å²) in [6.07, 6.45) is 6.94. The first-order valence-electron chi connectivity index (χ1n) is 9.36. The third-order valence-corrected chi connectivity index (χ3v) is 5.63. The van der Waals surface area contributed by atoms with Crippen LogP contribution in [0.3, 0.4) is 0 Å². The van der Waals surface area contributed by atoms with Crippen molar-refractivity contribution in [2.45, 2.75) is 52.2 Å². The largest absolute Gasteiger partial charge is 0.377 e. The first-order chi connectivity index (χ1) is 11.8. The molecule has 1 N–H and O–H groups in total. The SMILES string of the molecule is CCOCc1ccccc1CNC(=NC)N1CCC2(CCCC2)C1. The number of guanidine groups is 1. The van der Waals surface area contributed by atoms with Gasteiger partial charge in [-0.2, -0.15) is 0 Å². The Hall–Kier alpha value is -1.55. The third-order valence-electron chi connectivity index (χ3n) is 5.63. The van der Waals surface area contributed by atoms with Gasteiger partial charge in [-0.1, -0.05) is 37.1 Å². The van der Waals surface area contributed by atoms with Crippen molar-refractivity contribution in [1.82, 2.24) is 10.2 Å². The molecule has 0 bridgehead atoms. The van der Waals surface area contributed by atoms with Crippen molar-refractivity contribution < 1.29 is 4.74 Å². The van der Waals surface area contributed by atoms with Gasteiger partial charge in [0.2, 0.25) is 0 Å². The second-order valence-corrected chi connectivity index (χ2v) is 7.19. The first-order valence-corrected chi connectivity index (χ1v) is 9.36. The van der Waals surface area contributed by atoms with E-state index in [1.165, 1.54) is 49.8 Å². The molecule has 4 nitrogen and oxygen atoms in total. The molecule has 1 saturated carbocycles. The van der Waals surface area contributed by atoms with E-state index in [9.17, 15) is 0 Å². The number of hydrogen-bond acceptors (Lipinski definition) is 2. The van der Waals surface area contributed by atoms with E-state index in [4.69, 9.17) is 4.74 Å². The zero-order valence-corrected chi connectivity index (χ0v) is 15.2. The summed E-state index contributed by atoms with van der Waals surface area (Å²) in [4.78, 5) is 6.99. The van der Waals surface area contributed by atoms with Crippen LogP contribution in [-0.4, -0.2) is 37.6 Å².